The van der Waals surface area contributed by atoms with Crippen molar-refractivity contribution in [2.75, 3.05) is 20.2 Å². The number of hydrogen-bond acceptors (Lipinski definition) is 3. The molecule has 1 atom stereocenters. The summed E-state index contributed by atoms with van der Waals surface area (Å²) in [6, 6.07) is 14.8. The Balaban J connectivity index is 1.55. The predicted octanol–water partition coefficient (Wildman–Crippen LogP) is 4.40. The van der Waals surface area contributed by atoms with Crippen LogP contribution in [0.2, 0.25) is 5.02 Å². The van der Waals surface area contributed by atoms with Crippen molar-refractivity contribution in [2.45, 2.75) is 25.7 Å². The van der Waals surface area contributed by atoms with Gasteiger partial charge in [0.05, 0.1) is 7.11 Å². The number of methoxy groups -OCH3 is 1. The zero-order chi connectivity index (χ0) is 19.2. The number of rotatable bonds is 6. The van der Waals surface area contributed by atoms with Crippen LogP contribution in [0.25, 0.3) is 0 Å². The van der Waals surface area contributed by atoms with Crippen LogP contribution in [0.5, 0.6) is 5.75 Å². The van der Waals surface area contributed by atoms with Crippen LogP contribution in [0.4, 0.5) is 0 Å². The van der Waals surface area contributed by atoms with Crippen LogP contribution in [-0.4, -0.2) is 36.8 Å². The molecule has 4 nitrogen and oxygen atoms in total. The topological polar surface area (TPSA) is 46.6 Å². The molecule has 1 unspecified atom stereocenters. The number of carbonyl (C=O) groups excluding carboxylic acids is 2. The first-order valence-electron chi connectivity index (χ1n) is 9.27. The summed E-state index contributed by atoms with van der Waals surface area (Å²) in [6.45, 7) is 1.23. The third-order valence-corrected chi connectivity index (χ3v) is 5.31. The number of aryl methyl sites for hydroxylation is 1. The maximum atomic E-state index is 12.7. The number of likely N-dealkylation sites (tertiary alicyclic amines) is 1. The van der Waals surface area contributed by atoms with E-state index in [1.54, 1.807) is 31.4 Å². The molecule has 142 valence electrons. The molecule has 0 aromatic heterocycles. The minimum absolute atomic E-state index is 0.0966. The van der Waals surface area contributed by atoms with Gasteiger partial charge in [0.2, 0.25) is 5.91 Å². The van der Waals surface area contributed by atoms with Gasteiger partial charge >= 0.3 is 0 Å². The normalized spacial score (nSPS) is 16.8. The lowest BCUT2D eigenvalue weighted by atomic mass is 9.90. The first-order valence-corrected chi connectivity index (χ1v) is 9.65. The van der Waals surface area contributed by atoms with Crippen LogP contribution >= 0.6 is 11.6 Å². The van der Waals surface area contributed by atoms with Crippen molar-refractivity contribution < 1.29 is 14.3 Å². The Morgan fingerprint density at radius 1 is 1.11 bits per heavy atom. The van der Waals surface area contributed by atoms with Gasteiger partial charge in [-0.15, -0.1) is 0 Å². The highest BCUT2D eigenvalue weighted by molar-refractivity contribution is 6.30. The lowest BCUT2D eigenvalue weighted by Gasteiger charge is -2.32. The summed E-state index contributed by atoms with van der Waals surface area (Å²) in [6.07, 6.45) is 2.82. The second-order valence-electron chi connectivity index (χ2n) is 6.90. The average Bonchev–Trinajstić information content (AvgIpc) is 2.72. The Morgan fingerprint density at radius 3 is 2.48 bits per heavy atom. The molecular weight excluding hydrogens is 362 g/mol. The van der Waals surface area contributed by atoms with Gasteiger partial charge in [-0.1, -0.05) is 23.7 Å². The predicted molar refractivity (Wildman–Crippen MR) is 106 cm³/mol. The average molecular weight is 386 g/mol. The fourth-order valence-electron chi connectivity index (χ4n) is 3.47. The Morgan fingerprint density at radius 2 is 1.81 bits per heavy atom. The molecule has 2 aromatic rings. The van der Waals surface area contributed by atoms with Crippen LogP contribution < -0.4 is 4.74 Å². The fourth-order valence-corrected chi connectivity index (χ4v) is 3.60. The van der Waals surface area contributed by atoms with Gasteiger partial charge in [-0.3, -0.25) is 9.59 Å². The highest BCUT2D eigenvalue weighted by Gasteiger charge is 2.28. The number of nitrogens with zero attached hydrogens (tertiary/aromatic N) is 1. The third kappa shape index (κ3) is 5.10. The zero-order valence-corrected chi connectivity index (χ0v) is 16.2. The molecular formula is C22H24ClNO3. The maximum absolute atomic E-state index is 12.7. The molecule has 1 amide bonds. The number of benzene rings is 2. The molecule has 1 aliphatic rings. The van der Waals surface area contributed by atoms with E-state index in [4.69, 9.17) is 16.3 Å². The molecule has 2 aromatic carbocycles. The maximum Gasteiger partial charge on any atom is 0.222 e. The van der Waals surface area contributed by atoms with Crippen molar-refractivity contribution in [3.63, 3.8) is 0 Å². The first kappa shape index (κ1) is 19.4. The van der Waals surface area contributed by atoms with E-state index in [0.29, 0.717) is 30.0 Å². The quantitative estimate of drug-likeness (QED) is 0.692. The number of hydrogen-bond donors (Lipinski definition) is 0. The SMILES string of the molecule is COc1ccc(CCC(=O)N2CCCC(C(=O)c3ccc(Cl)cc3)C2)cc1. The van der Waals surface area contributed by atoms with Gasteiger partial charge in [-0.25, -0.2) is 0 Å². The Kier molecular flexibility index (Phi) is 6.51. The van der Waals surface area contributed by atoms with Crippen molar-refractivity contribution >= 4 is 23.3 Å². The van der Waals surface area contributed by atoms with E-state index in [9.17, 15) is 9.59 Å². The van der Waals surface area contributed by atoms with Gasteiger partial charge in [-0.2, -0.15) is 0 Å². The molecule has 0 radical (unpaired) electrons. The molecule has 1 heterocycles. The number of piperidine rings is 1. The van der Waals surface area contributed by atoms with Gasteiger partial charge in [-0.05, 0) is 61.2 Å². The largest absolute Gasteiger partial charge is 0.497 e. The number of halogens is 1. The van der Waals surface area contributed by atoms with E-state index in [0.717, 1.165) is 30.7 Å². The summed E-state index contributed by atoms with van der Waals surface area (Å²) in [5.74, 6) is 0.883. The van der Waals surface area contributed by atoms with Gasteiger partial charge < -0.3 is 9.64 Å². The summed E-state index contributed by atoms with van der Waals surface area (Å²) >= 11 is 5.90. The molecule has 3 rings (SSSR count). The van der Waals surface area contributed by atoms with E-state index < -0.39 is 0 Å². The van der Waals surface area contributed by atoms with Crippen molar-refractivity contribution in [2.24, 2.45) is 5.92 Å². The van der Waals surface area contributed by atoms with Crippen LogP contribution in [0.15, 0.2) is 48.5 Å². The van der Waals surface area contributed by atoms with Crippen molar-refractivity contribution in [3.05, 3.63) is 64.7 Å². The summed E-state index contributed by atoms with van der Waals surface area (Å²) in [5.41, 5.74) is 1.77. The van der Waals surface area contributed by atoms with Crippen LogP contribution in [0.3, 0.4) is 0 Å². The monoisotopic (exact) mass is 385 g/mol. The lowest BCUT2D eigenvalue weighted by Crippen LogP contribution is -2.42. The zero-order valence-electron chi connectivity index (χ0n) is 15.5. The fraction of sp³-hybridized carbons (Fsp3) is 0.364. The standard InChI is InChI=1S/C22H24ClNO3/c1-27-20-11-4-16(5-12-20)6-13-21(25)24-14-2-3-18(15-24)22(26)17-7-9-19(23)10-8-17/h4-5,7-12,18H,2-3,6,13-15H2,1H3. The summed E-state index contributed by atoms with van der Waals surface area (Å²) in [4.78, 5) is 27.2. The highest BCUT2D eigenvalue weighted by Crippen LogP contribution is 2.23. The summed E-state index contributed by atoms with van der Waals surface area (Å²) in [7, 11) is 1.64. The minimum atomic E-state index is -0.134. The Labute approximate surface area is 165 Å². The van der Waals surface area contributed by atoms with E-state index in [1.165, 1.54) is 0 Å². The van der Waals surface area contributed by atoms with Crippen molar-refractivity contribution in [1.82, 2.24) is 4.90 Å². The number of carbonyl (C=O) groups is 2. The number of ketones is 1. The molecule has 1 saturated heterocycles. The van der Waals surface area contributed by atoms with Crippen LogP contribution in [0.1, 0.15) is 35.2 Å². The van der Waals surface area contributed by atoms with E-state index in [-0.39, 0.29) is 17.6 Å². The smallest absolute Gasteiger partial charge is 0.222 e. The van der Waals surface area contributed by atoms with Crippen molar-refractivity contribution in [1.29, 1.82) is 0 Å². The molecule has 0 aliphatic carbocycles. The van der Waals surface area contributed by atoms with Crippen LogP contribution in [-0.2, 0) is 11.2 Å². The van der Waals surface area contributed by atoms with Gasteiger partial charge in [0.25, 0.3) is 0 Å². The minimum Gasteiger partial charge on any atom is -0.497 e. The molecule has 0 saturated carbocycles. The molecule has 27 heavy (non-hydrogen) atoms. The van der Waals surface area contributed by atoms with Crippen LogP contribution in [0, 0.1) is 5.92 Å². The molecule has 1 aliphatic heterocycles. The molecule has 1 fully saturated rings. The Hall–Kier alpha value is -2.33. The van der Waals surface area contributed by atoms with Crippen molar-refractivity contribution in [3.8, 4) is 5.75 Å². The molecule has 0 spiro atoms. The number of amides is 1. The van der Waals surface area contributed by atoms with E-state index >= 15 is 0 Å². The number of Topliss-reactive ketones (excluding diaryl/α,β-unsaturated/α-hetero) is 1. The second kappa shape index (κ2) is 9.05. The van der Waals surface area contributed by atoms with Gasteiger partial charge in [0, 0.05) is 36.0 Å². The van der Waals surface area contributed by atoms with E-state index in [2.05, 4.69) is 0 Å². The first-order chi connectivity index (χ1) is 13.1. The van der Waals surface area contributed by atoms with Gasteiger partial charge in [0.1, 0.15) is 5.75 Å². The molecule has 0 bridgehead atoms. The molecule has 0 N–H and O–H groups in total. The molecule has 5 heteroatoms. The lowest BCUT2D eigenvalue weighted by molar-refractivity contribution is -0.132. The summed E-state index contributed by atoms with van der Waals surface area (Å²) in [5, 5.41) is 0.616. The van der Waals surface area contributed by atoms with Gasteiger partial charge in [0.15, 0.2) is 5.78 Å². The number of ether oxygens (including phenoxy) is 1. The summed E-state index contributed by atoms with van der Waals surface area (Å²) < 4.78 is 5.15. The highest BCUT2D eigenvalue weighted by atomic mass is 35.5. The third-order valence-electron chi connectivity index (χ3n) is 5.06. The second-order valence-corrected chi connectivity index (χ2v) is 7.33. The van der Waals surface area contributed by atoms with E-state index in [1.807, 2.05) is 29.2 Å². The Bertz CT molecular complexity index is 786.